The van der Waals surface area contributed by atoms with Gasteiger partial charge < -0.3 is 20.4 Å². The number of nitrogens with zero attached hydrogens (tertiary/aromatic N) is 3. The molecule has 0 bridgehead atoms. The molecule has 0 spiro atoms. The average Bonchev–Trinajstić information content (AvgIpc) is 2.67. The molecule has 160 valence electrons. The van der Waals surface area contributed by atoms with E-state index in [1.54, 1.807) is 0 Å². The van der Waals surface area contributed by atoms with Gasteiger partial charge in [0.05, 0.1) is 0 Å². The Morgan fingerprint density at radius 2 is 1.79 bits per heavy atom. The first-order valence-corrected chi connectivity index (χ1v) is 10.6. The molecule has 2 N–H and O–H groups in total. The summed E-state index contributed by atoms with van der Waals surface area (Å²) in [6, 6.07) is 11.1. The smallest absolute Gasteiger partial charge is 0.191 e. The molecule has 0 radical (unpaired) electrons. The summed E-state index contributed by atoms with van der Waals surface area (Å²) in [5.74, 6) is 1.52. The molecule has 0 saturated carbocycles. The van der Waals surface area contributed by atoms with Crippen LogP contribution in [0.5, 0.6) is 0 Å². The minimum absolute atomic E-state index is 0. The summed E-state index contributed by atoms with van der Waals surface area (Å²) in [5, 5.41) is 6.97. The normalized spacial score (nSPS) is 18.2. The fourth-order valence-electron chi connectivity index (χ4n) is 3.43. The highest BCUT2D eigenvalue weighted by Gasteiger charge is 2.16. The Morgan fingerprint density at radius 1 is 1.11 bits per heavy atom. The molecule has 6 heteroatoms. The molecule has 0 aromatic heterocycles. The van der Waals surface area contributed by atoms with Crippen LogP contribution in [-0.4, -0.2) is 74.7 Å². The summed E-state index contributed by atoms with van der Waals surface area (Å²) in [6.07, 6.45) is 2.19. The summed E-state index contributed by atoms with van der Waals surface area (Å²) in [5.41, 5.74) is 1.40. The number of nitrogens with one attached hydrogen (secondary N) is 2. The summed E-state index contributed by atoms with van der Waals surface area (Å²) >= 11 is 0. The van der Waals surface area contributed by atoms with Crippen molar-refractivity contribution in [2.75, 3.05) is 52.9 Å². The highest BCUT2D eigenvalue weighted by Crippen LogP contribution is 2.06. The molecule has 1 aromatic carbocycles. The van der Waals surface area contributed by atoms with Crippen molar-refractivity contribution in [3.63, 3.8) is 0 Å². The third-order valence-electron chi connectivity index (χ3n) is 5.16. The summed E-state index contributed by atoms with van der Waals surface area (Å²) in [6.45, 7) is 14.3. The minimum atomic E-state index is 0. The molecule has 1 saturated heterocycles. The number of aliphatic imine (C=N–C) groups is 1. The predicted octanol–water partition coefficient (Wildman–Crippen LogP) is 3.06. The Hall–Kier alpha value is -0.860. The molecule has 1 aliphatic heterocycles. The number of piperazine rings is 1. The Morgan fingerprint density at radius 3 is 2.43 bits per heavy atom. The van der Waals surface area contributed by atoms with E-state index in [4.69, 9.17) is 4.99 Å². The molecule has 2 rings (SSSR count). The summed E-state index contributed by atoms with van der Waals surface area (Å²) < 4.78 is 0. The van der Waals surface area contributed by atoms with Gasteiger partial charge in [-0.25, -0.2) is 0 Å². The maximum atomic E-state index is 4.85. The van der Waals surface area contributed by atoms with Crippen LogP contribution in [0.4, 0.5) is 0 Å². The van der Waals surface area contributed by atoms with E-state index in [1.165, 1.54) is 31.7 Å². The van der Waals surface area contributed by atoms with Gasteiger partial charge in [-0.05, 0) is 45.2 Å². The van der Waals surface area contributed by atoms with Crippen molar-refractivity contribution < 1.29 is 0 Å². The Balaban J connectivity index is 0.00000392. The second-order valence-corrected chi connectivity index (χ2v) is 8.00. The second-order valence-electron chi connectivity index (χ2n) is 8.00. The second kappa shape index (κ2) is 14.2. The van der Waals surface area contributed by atoms with Crippen LogP contribution in [0.3, 0.4) is 0 Å². The van der Waals surface area contributed by atoms with E-state index in [1.807, 2.05) is 0 Å². The van der Waals surface area contributed by atoms with E-state index >= 15 is 0 Å². The lowest BCUT2D eigenvalue weighted by Crippen LogP contribution is -2.46. The predicted molar refractivity (Wildman–Crippen MR) is 132 cm³/mol. The van der Waals surface area contributed by atoms with Gasteiger partial charge in [0.15, 0.2) is 5.96 Å². The zero-order chi connectivity index (χ0) is 19.5. The molecule has 0 aliphatic carbocycles. The zero-order valence-corrected chi connectivity index (χ0v) is 20.5. The first kappa shape index (κ1) is 25.2. The SMILES string of the molecule is CCNC(=NCC(C)CN1CCN(C)CC1)NC(C)CCc1ccccc1.I. The average molecular weight is 502 g/mol. The minimum Gasteiger partial charge on any atom is -0.357 e. The third-order valence-corrected chi connectivity index (χ3v) is 5.16. The van der Waals surface area contributed by atoms with Crippen molar-refractivity contribution in [1.29, 1.82) is 0 Å². The number of benzene rings is 1. The van der Waals surface area contributed by atoms with Crippen LogP contribution in [0.25, 0.3) is 0 Å². The molecule has 5 nitrogen and oxygen atoms in total. The third kappa shape index (κ3) is 10.1. The van der Waals surface area contributed by atoms with Gasteiger partial charge in [0.25, 0.3) is 0 Å². The molecule has 28 heavy (non-hydrogen) atoms. The van der Waals surface area contributed by atoms with E-state index in [2.05, 4.69) is 78.6 Å². The lowest BCUT2D eigenvalue weighted by molar-refractivity contribution is 0.140. The number of hydrogen-bond acceptors (Lipinski definition) is 3. The number of rotatable bonds is 9. The number of halogens is 1. The van der Waals surface area contributed by atoms with Crippen LogP contribution < -0.4 is 10.6 Å². The van der Waals surface area contributed by atoms with Gasteiger partial charge in [0.2, 0.25) is 0 Å². The van der Waals surface area contributed by atoms with E-state index in [9.17, 15) is 0 Å². The first-order chi connectivity index (χ1) is 13.1. The standard InChI is InChI=1S/C22H39N5.HI/c1-5-23-22(25-20(3)11-12-21-9-7-6-8-10-21)24-17-19(2)18-27-15-13-26(4)14-16-27;/h6-10,19-20H,5,11-18H2,1-4H3,(H2,23,24,25);1H. The molecule has 1 aliphatic rings. The quantitative estimate of drug-likeness (QED) is 0.310. The van der Waals surface area contributed by atoms with Gasteiger partial charge in [-0.1, -0.05) is 37.3 Å². The summed E-state index contributed by atoms with van der Waals surface area (Å²) in [7, 11) is 2.21. The van der Waals surface area contributed by atoms with E-state index in [-0.39, 0.29) is 24.0 Å². The number of guanidine groups is 1. The van der Waals surface area contributed by atoms with Crippen molar-refractivity contribution in [2.24, 2.45) is 10.9 Å². The van der Waals surface area contributed by atoms with Crippen molar-refractivity contribution >= 4 is 29.9 Å². The number of hydrogen-bond donors (Lipinski definition) is 2. The maximum Gasteiger partial charge on any atom is 0.191 e. The van der Waals surface area contributed by atoms with Crippen LogP contribution >= 0.6 is 24.0 Å². The topological polar surface area (TPSA) is 42.9 Å². The first-order valence-electron chi connectivity index (χ1n) is 10.6. The van der Waals surface area contributed by atoms with Crippen LogP contribution in [0.15, 0.2) is 35.3 Å². The molecule has 2 unspecified atom stereocenters. The molecule has 1 fully saturated rings. The fraction of sp³-hybridized carbons (Fsp3) is 0.682. The molecular weight excluding hydrogens is 461 g/mol. The lowest BCUT2D eigenvalue weighted by atomic mass is 10.1. The van der Waals surface area contributed by atoms with Gasteiger partial charge in [0, 0.05) is 51.9 Å². The van der Waals surface area contributed by atoms with Gasteiger partial charge in [-0.2, -0.15) is 0 Å². The number of likely N-dealkylation sites (N-methyl/N-ethyl adjacent to an activating group) is 1. The van der Waals surface area contributed by atoms with Crippen LogP contribution in [0.2, 0.25) is 0 Å². The van der Waals surface area contributed by atoms with Crippen molar-refractivity contribution in [3.8, 4) is 0 Å². The van der Waals surface area contributed by atoms with Crippen LogP contribution in [0, 0.1) is 5.92 Å². The number of aryl methyl sites for hydroxylation is 1. The Kier molecular flexibility index (Phi) is 12.7. The maximum absolute atomic E-state index is 4.85. The van der Waals surface area contributed by atoms with Gasteiger partial charge >= 0.3 is 0 Å². The van der Waals surface area contributed by atoms with Crippen molar-refractivity contribution in [1.82, 2.24) is 20.4 Å². The highest BCUT2D eigenvalue weighted by atomic mass is 127. The van der Waals surface area contributed by atoms with Crippen molar-refractivity contribution in [3.05, 3.63) is 35.9 Å². The summed E-state index contributed by atoms with van der Waals surface area (Å²) in [4.78, 5) is 9.82. The largest absolute Gasteiger partial charge is 0.357 e. The van der Waals surface area contributed by atoms with Gasteiger partial charge in [-0.15, -0.1) is 24.0 Å². The van der Waals surface area contributed by atoms with Gasteiger partial charge in [0.1, 0.15) is 0 Å². The lowest BCUT2D eigenvalue weighted by Gasteiger charge is -2.33. The van der Waals surface area contributed by atoms with E-state index < -0.39 is 0 Å². The van der Waals surface area contributed by atoms with E-state index in [0.717, 1.165) is 38.4 Å². The fourth-order valence-corrected chi connectivity index (χ4v) is 3.43. The molecule has 2 atom stereocenters. The molecule has 1 aromatic rings. The van der Waals surface area contributed by atoms with Gasteiger partial charge in [-0.3, -0.25) is 4.99 Å². The molecule has 1 heterocycles. The highest BCUT2D eigenvalue weighted by molar-refractivity contribution is 14.0. The van der Waals surface area contributed by atoms with Crippen molar-refractivity contribution in [2.45, 2.75) is 39.7 Å². The monoisotopic (exact) mass is 501 g/mol. The van der Waals surface area contributed by atoms with Crippen LogP contribution in [0.1, 0.15) is 32.8 Å². The zero-order valence-electron chi connectivity index (χ0n) is 18.2. The van der Waals surface area contributed by atoms with Crippen LogP contribution in [-0.2, 0) is 6.42 Å². The molecular formula is C22H40IN5. The Bertz CT molecular complexity index is 543. The van der Waals surface area contributed by atoms with E-state index in [0.29, 0.717) is 12.0 Å². The molecule has 0 amide bonds. The Labute approximate surface area is 189 Å².